The Morgan fingerprint density at radius 3 is 2.53 bits per heavy atom. The highest BCUT2D eigenvalue weighted by molar-refractivity contribution is 6.21. The van der Waals surface area contributed by atoms with Crippen LogP contribution in [0.5, 0.6) is 11.5 Å². The molecule has 0 saturated carbocycles. The third-order valence-corrected chi connectivity index (χ3v) is 5.91. The molecule has 1 unspecified atom stereocenters. The van der Waals surface area contributed by atoms with Gasteiger partial charge in [0.05, 0.1) is 30.2 Å². The Bertz CT molecular complexity index is 1230. The van der Waals surface area contributed by atoms with Crippen molar-refractivity contribution in [1.82, 2.24) is 4.90 Å². The zero-order valence-corrected chi connectivity index (χ0v) is 18.5. The Morgan fingerprint density at radius 1 is 0.941 bits per heavy atom. The molecule has 34 heavy (non-hydrogen) atoms. The topological polar surface area (TPSA) is 84.9 Å². The number of hydrogen-bond acceptors (Lipinski definition) is 5. The third kappa shape index (κ3) is 4.70. The van der Waals surface area contributed by atoms with Crippen molar-refractivity contribution in [2.45, 2.75) is 25.4 Å². The second-order valence-corrected chi connectivity index (χ2v) is 8.40. The van der Waals surface area contributed by atoms with Crippen LogP contribution in [0.15, 0.2) is 72.8 Å². The predicted molar refractivity (Wildman–Crippen MR) is 126 cm³/mol. The molecule has 0 aromatic heterocycles. The van der Waals surface area contributed by atoms with E-state index in [1.54, 1.807) is 42.5 Å². The standard InChI is InChI=1S/C27H24N2O5/c30-25(14-18-6-2-1-3-7-18)28-19-8-4-9-20(15-19)34-21-11-12-23-24(16-21)27(32)29(26(23)31)17-22-10-5-13-33-22/h1-4,6-9,11-12,15-16,22H,5,10,13-14,17H2,(H,28,30). The van der Waals surface area contributed by atoms with Gasteiger partial charge in [-0.15, -0.1) is 0 Å². The van der Waals surface area contributed by atoms with Crippen molar-refractivity contribution < 1.29 is 23.9 Å². The van der Waals surface area contributed by atoms with E-state index >= 15 is 0 Å². The van der Waals surface area contributed by atoms with Gasteiger partial charge in [-0.05, 0) is 48.7 Å². The molecule has 7 nitrogen and oxygen atoms in total. The van der Waals surface area contributed by atoms with Crippen molar-refractivity contribution in [3.05, 3.63) is 89.5 Å². The Labute approximate surface area is 197 Å². The van der Waals surface area contributed by atoms with Crippen molar-refractivity contribution in [2.75, 3.05) is 18.5 Å². The molecule has 0 aliphatic carbocycles. The number of benzene rings is 3. The SMILES string of the molecule is O=C(Cc1ccccc1)Nc1cccc(Oc2ccc3c(c2)C(=O)N(CC2CCCO2)C3=O)c1. The van der Waals surface area contributed by atoms with Gasteiger partial charge >= 0.3 is 0 Å². The molecule has 0 radical (unpaired) electrons. The van der Waals surface area contributed by atoms with Gasteiger partial charge in [0.25, 0.3) is 11.8 Å². The Balaban J connectivity index is 1.26. The number of carbonyl (C=O) groups is 3. The molecule has 1 atom stereocenters. The van der Waals surface area contributed by atoms with E-state index < -0.39 is 0 Å². The van der Waals surface area contributed by atoms with E-state index in [0.29, 0.717) is 34.9 Å². The minimum Gasteiger partial charge on any atom is -0.457 e. The molecule has 3 aromatic rings. The average molecular weight is 456 g/mol. The van der Waals surface area contributed by atoms with E-state index in [0.717, 1.165) is 18.4 Å². The van der Waals surface area contributed by atoms with Crippen molar-refractivity contribution >= 4 is 23.4 Å². The lowest BCUT2D eigenvalue weighted by Gasteiger charge is -2.17. The highest BCUT2D eigenvalue weighted by Gasteiger charge is 2.37. The minimum absolute atomic E-state index is 0.0993. The molecule has 1 fully saturated rings. The van der Waals surface area contributed by atoms with Crippen LogP contribution in [0, 0.1) is 0 Å². The highest BCUT2D eigenvalue weighted by Crippen LogP contribution is 2.31. The van der Waals surface area contributed by atoms with E-state index in [4.69, 9.17) is 9.47 Å². The number of imide groups is 1. The molecule has 2 aliphatic heterocycles. The Kier molecular flexibility index (Phi) is 6.10. The first-order chi connectivity index (χ1) is 16.6. The van der Waals surface area contributed by atoms with Gasteiger partial charge in [0.15, 0.2) is 0 Å². The number of amides is 3. The van der Waals surface area contributed by atoms with Crippen LogP contribution in [-0.4, -0.2) is 41.9 Å². The number of ether oxygens (including phenoxy) is 2. The fourth-order valence-electron chi connectivity index (χ4n) is 4.25. The lowest BCUT2D eigenvalue weighted by Crippen LogP contribution is -2.36. The van der Waals surface area contributed by atoms with E-state index in [2.05, 4.69) is 5.32 Å². The maximum atomic E-state index is 12.9. The molecule has 2 aliphatic rings. The number of carbonyl (C=O) groups excluding carboxylic acids is 3. The van der Waals surface area contributed by atoms with Crippen LogP contribution in [0.4, 0.5) is 5.69 Å². The van der Waals surface area contributed by atoms with E-state index in [-0.39, 0.29) is 36.8 Å². The first-order valence-corrected chi connectivity index (χ1v) is 11.3. The van der Waals surface area contributed by atoms with Crippen LogP contribution >= 0.6 is 0 Å². The van der Waals surface area contributed by atoms with Gasteiger partial charge in [0.1, 0.15) is 11.5 Å². The first-order valence-electron chi connectivity index (χ1n) is 11.3. The molecule has 7 heteroatoms. The monoisotopic (exact) mass is 456 g/mol. The van der Waals surface area contributed by atoms with Gasteiger partial charge < -0.3 is 14.8 Å². The molecule has 2 heterocycles. The predicted octanol–water partition coefficient (Wildman–Crippen LogP) is 4.44. The average Bonchev–Trinajstić information content (AvgIpc) is 3.43. The summed E-state index contributed by atoms with van der Waals surface area (Å²) in [7, 11) is 0. The smallest absolute Gasteiger partial charge is 0.261 e. The largest absolute Gasteiger partial charge is 0.457 e. The molecule has 0 spiro atoms. The molecule has 1 saturated heterocycles. The maximum Gasteiger partial charge on any atom is 0.261 e. The molecule has 172 valence electrons. The second-order valence-electron chi connectivity index (χ2n) is 8.40. The highest BCUT2D eigenvalue weighted by atomic mass is 16.5. The van der Waals surface area contributed by atoms with Gasteiger partial charge in [-0.2, -0.15) is 0 Å². The number of nitrogens with one attached hydrogen (secondary N) is 1. The van der Waals surface area contributed by atoms with Gasteiger partial charge in [0.2, 0.25) is 5.91 Å². The summed E-state index contributed by atoms with van der Waals surface area (Å²) in [5.74, 6) is 0.182. The molecule has 5 rings (SSSR count). The van der Waals surface area contributed by atoms with Crippen molar-refractivity contribution in [3.63, 3.8) is 0 Å². The number of anilines is 1. The summed E-state index contributed by atoms with van der Waals surface area (Å²) in [4.78, 5) is 39.2. The van der Waals surface area contributed by atoms with Crippen LogP contribution in [0.2, 0.25) is 0 Å². The van der Waals surface area contributed by atoms with Crippen LogP contribution < -0.4 is 10.1 Å². The lowest BCUT2D eigenvalue weighted by atomic mass is 10.1. The normalized spacial score (nSPS) is 17.1. The Hall–Kier alpha value is -3.97. The second kappa shape index (κ2) is 9.49. The summed E-state index contributed by atoms with van der Waals surface area (Å²) in [5, 5.41) is 2.87. The summed E-state index contributed by atoms with van der Waals surface area (Å²) < 4.78 is 11.5. The van der Waals surface area contributed by atoms with Gasteiger partial charge in [0, 0.05) is 18.4 Å². The van der Waals surface area contributed by atoms with Crippen molar-refractivity contribution in [1.29, 1.82) is 0 Å². The maximum absolute atomic E-state index is 12.9. The van der Waals surface area contributed by atoms with Gasteiger partial charge in [-0.25, -0.2) is 0 Å². The molecule has 3 aromatic carbocycles. The summed E-state index contributed by atoms with van der Waals surface area (Å²) in [5.41, 5.74) is 2.23. The molecule has 0 bridgehead atoms. The van der Waals surface area contributed by atoms with Crippen LogP contribution in [0.25, 0.3) is 0 Å². The van der Waals surface area contributed by atoms with Gasteiger partial charge in [-0.3, -0.25) is 19.3 Å². The molecule has 3 amide bonds. The zero-order valence-electron chi connectivity index (χ0n) is 18.5. The number of nitrogens with zero attached hydrogens (tertiary/aromatic N) is 1. The fourth-order valence-corrected chi connectivity index (χ4v) is 4.25. The molecular formula is C27H24N2O5. The minimum atomic E-state index is -0.331. The van der Waals surface area contributed by atoms with Crippen LogP contribution in [-0.2, 0) is 16.0 Å². The van der Waals surface area contributed by atoms with E-state index in [1.807, 2.05) is 30.3 Å². The fraction of sp³-hybridized carbons (Fsp3) is 0.222. The number of fused-ring (bicyclic) bond motifs is 1. The molecular weight excluding hydrogens is 432 g/mol. The number of rotatable bonds is 7. The van der Waals surface area contributed by atoms with E-state index in [1.165, 1.54) is 4.90 Å². The zero-order chi connectivity index (χ0) is 23.5. The lowest BCUT2D eigenvalue weighted by molar-refractivity contribution is -0.115. The molecule has 1 N–H and O–H groups in total. The van der Waals surface area contributed by atoms with Crippen LogP contribution in [0.3, 0.4) is 0 Å². The number of hydrogen-bond donors (Lipinski definition) is 1. The Morgan fingerprint density at radius 2 is 1.74 bits per heavy atom. The first kappa shape index (κ1) is 21.9. The summed E-state index contributed by atoms with van der Waals surface area (Å²) >= 11 is 0. The quantitative estimate of drug-likeness (QED) is 0.532. The summed E-state index contributed by atoms with van der Waals surface area (Å²) in [6.07, 6.45) is 1.96. The van der Waals surface area contributed by atoms with Gasteiger partial charge in [-0.1, -0.05) is 36.4 Å². The summed E-state index contributed by atoms with van der Waals surface area (Å²) in [6, 6.07) is 21.4. The van der Waals surface area contributed by atoms with Crippen molar-refractivity contribution in [2.24, 2.45) is 0 Å². The summed E-state index contributed by atoms with van der Waals surface area (Å²) in [6.45, 7) is 0.935. The van der Waals surface area contributed by atoms with E-state index in [9.17, 15) is 14.4 Å². The third-order valence-electron chi connectivity index (χ3n) is 5.91. The van der Waals surface area contributed by atoms with Crippen molar-refractivity contribution in [3.8, 4) is 11.5 Å². The van der Waals surface area contributed by atoms with Crippen LogP contribution in [0.1, 0.15) is 39.1 Å².